The van der Waals surface area contributed by atoms with Gasteiger partial charge in [-0.15, -0.1) is 0 Å². The lowest BCUT2D eigenvalue weighted by molar-refractivity contribution is -0.696. The number of anilines is 1. The number of hydrogen-bond donors (Lipinski definition) is 0. The van der Waals surface area contributed by atoms with Crippen molar-refractivity contribution in [2.24, 2.45) is 0 Å². The molecule has 6 heteroatoms. The van der Waals surface area contributed by atoms with E-state index < -0.39 is 0 Å². The van der Waals surface area contributed by atoms with Crippen LogP contribution in [-0.2, 0) is 11.3 Å². The molecule has 0 bridgehead atoms. The van der Waals surface area contributed by atoms with Crippen LogP contribution in [0.5, 0.6) is 0 Å². The van der Waals surface area contributed by atoms with Crippen LogP contribution in [0.4, 0.5) is 5.69 Å². The molecule has 1 aromatic carbocycles. The van der Waals surface area contributed by atoms with Gasteiger partial charge in [0, 0.05) is 49.0 Å². The summed E-state index contributed by atoms with van der Waals surface area (Å²) in [6.45, 7) is 6.03. The number of piperazine rings is 1. The molecule has 0 N–H and O–H groups in total. The summed E-state index contributed by atoms with van der Waals surface area (Å²) in [5.74, 6) is 0.230. The van der Waals surface area contributed by atoms with Crippen molar-refractivity contribution < 1.29 is 26.3 Å². The predicted molar refractivity (Wildman–Crippen MR) is 96.2 cm³/mol. The molecule has 1 aliphatic heterocycles. The first-order valence-electron chi connectivity index (χ1n) is 8.36. The second-order valence-electron chi connectivity index (χ2n) is 6.21. The molecule has 1 amide bonds. The van der Waals surface area contributed by atoms with Gasteiger partial charge < -0.3 is 26.8 Å². The lowest BCUT2D eigenvalue weighted by Gasteiger charge is -2.36. The molecule has 4 nitrogen and oxygen atoms in total. The molecule has 0 spiro atoms. The Morgan fingerprint density at radius 3 is 2.44 bits per heavy atom. The fourth-order valence-electron chi connectivity index (χ4n) is 2.95. The van der Waals surface area contributed by atoms with E-state index in [0.717, 1.165) is 43.4 Å². The summed E-state index contributed by atoms with van der Waals surface area (Å²) in [7, 11) is 0. The molecule has 0 aliphatic carbocycles. The normalized spacial score (nSPS) is 14.2. The highest BCUT2D eigenvalue weighted by molar-refractivity contribution is 6.30. The highest BCUT2D eigenvalue weighted by atomic mass is 79.9. The molecule has 0 atom stereocenters. The zero-order chi connectivity index (χ0) is 16.9. The summed E-state index contributed by atoms with van der Waals surface area (Å²) in [5.41, 5.74) is 2.36. The van der Waals surface area contributed by atoms with Crippen LogP contribution < -0.4 is 26.4 Å². The molecule has 134 valence electrons. The minimum absolute atomic E-state index is 0. The van der Waals surface area contributed by atoms with E-state index in [4.69, 9.17) is 11.6 Å². The van der Waals surface area contributed by atoms with E-state index in [9.17, 15) is 4.79 Å². The molecule has 1 fully saturated rings. The standard InChI is InChI=1S/C19H23ClN3O.BrH/c1-16-5-8-21(9-6-16)10-7-19(24)23-13-11-22(12-14-23)18-4-2-3-17(20)15-18;/h2-6,8-9,15H,7,10-14H2,1H3;1H/q+1;/p-1. The fraction of sp³-hybridized carbons (Fsp3) is 0.368. The van der Waals surface area contributed by atoms with Crippen molar-refractivity contribution in [3.05, 3.63) is 59.4 Å². The number of rotatable bonds is 4. The fourth-order valence-corrected chi connectivity index (χ4v) is 3.14. The van der Waals surface area contributed by atoms with Crippen LogP contribution >= 0.6 is 11.6 Å². The third kappa shape index (κ3) is 5.44. The molecule has 25 heavy (non-hydrogen) atoms. The number of carbonyl (C=O) groups is 1. The molecular formula is C19H23BrClN3O. The Morgan fingerprint density at radius 1 is 1.12 bits per heavy atom. The second-order valence-corrected chi connectivity index (χ2v) is 6.65. The van der Waals surface area contributed by atoms with E-state index in [2.05, 4.69) is 34.6 Å². The third-order valence-corrected chi connectivity index (χ3v) is 4.68. The number of halogens is 2. The minimum Gasteiger partial charge on any atom is -1.00 e. The number of nitrogens with zero attached hydrogens (tertiary/aromatic N) is 3. The molecule has 0 radical (unpaired) electrons. The average molecular weight is 425 g/mol. The zero-order valence-electron chi connectivity index (χ0n) is 14.4. The Bertz CT molecular complexity index is 700. The molecule has 0 saturated carbocycles. The molecule has 0 unspecified atom stereocenters. The summed E-state index contributed by atoms with van der Waals surface area (Å²) in [6, 6.07) is 12.0. The SMILES string of the molecule is Cc1cc[n+](CCC(=O)N2CCN(c3cccc(Cl)c3)CC2)cc1.[Br-]. The van der Waals surface area contributed by atoms with Crippen molar-refractivity contribution in [1.82, 2.24) is 4.90 Å². The van der Waals surface area contributed by atoms with Crippen LogP contribution in [0.3, 0.4) is 0 Å². The summed E-state index contributed by atoms with van der Waals surface area (Å²) >= 11 is 6.06. The monoisotopic (exact) mass is 423 g/mol. The number of pyridine rings is 1. The number of aryl methyl sites for hydroxylation is 2. The number of aromatic nitrogens is 1. The Hall–Kier alpha value is -1.59. The Kier molecular flexibility index (Phi) is 7.26. The van der Waals surface area contributed by atoms with Gasteiger partial charge in [-0.2, -0.15) is 0 Å². The van der Waals surface area contributed by atoms with Crippen LogP contribution in [0.1, 0.15) is 12.0 Å². The minimum atomic E-state index is 0. The summed E-state index contributed by atoms with van der Waals surface area (Å²) in [4.78, 5) is 16.7. The molecule has 2 aromatic rings. The van der Waals surface area contributed by atoms with Gasteiger partial charge in [0.25, 0.3) is 0 Å². The van der Waals surface area contributed by atoms with Crippen LogP contribution in [0.2, 0.25) is 5.02 Å². The van der Waals surface area contributed by atoms with E-state index in [1.807, 2.05) is 35.5 Å². The Morgan fingerprint density at radius 2 is 1.80 bits per heavy atom. The lowest BCUT2D eigenvalue weighted by atomic mass is 10.2. The molecule has 1 aliphatic rings. The Labute approximate surface area is 164 Å². The Balaban J connectivity index is 0.00000225. The maximum absolute atomic E-state index is 12.4. The van der Waals surface area contributed by atoms with Crippen LogP contribution in [0.15, 0.2) is 48.8 Å². The van der Waals surface area contributed by atoms with E-state index in [0.29, 0.717) is 6.42 Å². The van der Waals surface area contributed by atoms with Crippen molar-refractivity contribution in [2.45, 2.75) is 19.9 Å². The van der Waals surface area contributed by atoms with Gasteiger partial charge in [0.15, 0.2) is 18.9 Å². The number of carbonyl (C=O) groups excluding carboxylic acids is 1. The summed E-state index contributed by atoms with van der Waals surface area (Å²) in [6.07, 6.45) is 4.60. The van der Waals surface area contributed by atoms with Gasteiger partial charge in [-0.05, 0) is 30.7 Å². The summed E-state index contributed by atoms with van der Waals surface area (Å²) in [5, 5.41) is 0.751. The molecular weight excluding hydrogens is 402 g/mol. The van der Waals surface area contributed by atoms with E-state index in [1.165, 1.54) is 5.56 Å². The van der Waals surface area contributed by atoms with Gasteiger partial charge in [-0.1, -0.05) is 17.7 Å². The molecule has 3 rings (SSSR count). The van der Waals surface area contributed by atoms with Gasteiger partial charge >= 0.3 is 0 Å². The van der Waals surface area contributed by atoms with Crippen molar-refractivity contribution >= 4 is 23.2 Å². The predicted octanol–water partition coefficient (Wildman–Crippen LogP) is -0.321. The van der Waals surface area contributed by atoms with Gasteiger partial charge in [0.1, 0.15) is 0 Å². The lowest BCUT2D eigenvalue weighted by Crippen LogP contribution is -3.00. The quantitative estimate of drug-likeness (QED) is 0.629. The van der Waals surface area contributed by atoms with Crippen LogP contribution in [0, 0.1) is 6.92 Å². The maximum atomic E-state index is 12.4. The topological polar surface area (TPSA) is 27.4 Å². The van der Waals surface area contributed by atoms with Gasteiger partial charge in [0.2, 0.25) is 5.91 Å². The first-order chi connectivity index (χ1) is 11.6. The smallest absolute Gasteiger partial charge is 0.229 e. The first-order valence-corrected chi connectivity index (χ1v) is 8.73. The van der Waals surface area contributed by atoms with E-state index in [1.54, 1.807) is 0 Å². The first kappa shape index (κ1) is 19.7. The molecule has 2 heterocycles. The number of amides is 1. The second kappa shape index (κ2) is 9.20. The third-order valence-electron chi connectivity index (χ3n) is 4.45. The highest BCUT2D eigenvalue weighted by Crippen LogP contribution is 2.20. The largest absolute Gasteiger partial charge is 1.00 e. The van der Waals surface area contributed by atoms with Crippen molar-refractivity contribution in [2.75, 3.05) is 31.1 Å². The van der Waals surface area contributed by atoms with Crippen molar-refractivity contribution in [3.63, 3.8) is 0 Å². The average Bonchev–Trinajstić information content (AvgIpc) is 2.61. The number of hydrogen-bond acceptors (Lipinski definition) is 2. The van der Waals surface area contributed by atoms with Crippen LogP contribution in [-0.4, -0.2) is 37.0 Å². The van der Waals surface area contributed by atoms with Crippen LogP contribution in [0.25, 0.3) is 0 Å². The highest BCUT2D eigenvalue weighted by Gasteiger charge is 2.22. The molecule has 1 aromatic heterocycles. The number of benzene rings is 1. The summed E-state index contributed by atoms with van der Waals surface area (Å²) < 4.78 is 2.06. The zero-order valence-corrected chi connectivity index (χ0v) is 16.7. The van der Waals surface area contributed by atoms with Crippen molar-refractivity contribution in [3.8, 4) is 0 Å². The molecule has 1 saturated heterocycles. The van der Waals surface area contributed by atoms with E-state index >= 15 is 0 Å². The maximum Gasteiger partial charge on any atom is 0.229 e. The van der Waals surface area contributed by atoms with Crippen molar-refractivity contribution in [1.29, 1.82) is 0 Å². The van der Waals surface area contributed by atoms with Gasteiger partial charge in [-0.25, -0.2) is 4.57 Å². The van der Waals surface area contributed by atoms with Gasteiger partial charge in [-0.3, -0.25) is 4.79 Å². The van der Waals surface area contributed by atoms with E-state index in [-0.39, 0.29) is 22.9 Å². The van der Waals surface area contributed by atoms with Gasteiger partial charge in [0.05, 0.1) is 6.42 Å².